The van der Waals surface area contributed by atoms with E-state index in [1.165, 1.54) is 3.70 Å². The second-order valence-electron chi connectivity index (χ2n) is 1.43. The van der Waals surface area contributed by atoms with Gasteiger partial charge in [-0.25, -0.2) is 4.98 Å². The number of fused-ring (bicyclic) bond motifs is 1. The summed E-state index contributed by atoms with van der Waals surface area (Å²) < 4.78 is 10.9. The van der Waals surface area contributed by atoms with Crippen LogP contribution >= 0.6 is 41.5 Å². The van der Waals surface area contributed by atoms with Gasteiger partial charge in [0, 0.05) is 6.03 Å². The lowest BCUT2D eigenvalue weighted by Gasteiger charge is -1.88. The van der Waals surface area contributed by atoms with Gasteiger partial charge in [0.15, 0.2) is 12.2 Å². The van der Waals surface area contributed by atoms with Gasteiger partial charge in [-0.3, -0.25) is 0 Å². The Labute approximate surface area is 72.2 Å². The van der Waals surface area contributed by atoms with Crippen molar-refractivity contribution >= 4 is 47.5 Å². The fourth-order valence-corrected chi connectivity index (χ4v) is 6.58. The van der Waals surface area contributed by atoms with Crippen molar-refractivity contribution in [1.82, 2.24) is 4.98 Å². The second-order valence-corrected chi connectivity index (χ2v) is 8.05. The molecule has 0 unspecified atom stereocenters. The number of hydrogen-bond donors (Lipinski definition) is 0. The lowest BCUT2D eigenvalue weighted by Crippen LogP contribution is -1.81. The SMILES string of the molecule is C1=IC=Ic2ncoc21. The third-order valence-electron chi connectivity index (χ3n) is 0.903. The minimum atomic E-state index is 0.120. The van der Waals surface area contributed by atoms with Gasteiger partial charge in [0.25, 0.3) is 0 Å². The van der Waals surface area contributed by atoms with E-state index < -0.39 is 0 Å². The Morgan fingerprint density at radius 3 is 3.44 bits per heavy atom. The van der Waals surface area contributed by atoms with Gasteiger partial charge < -0.3 is 4.42 Å². The third-order valence-corrected chi connectivity index (χ3v) is 7.14. The van der Waals surface area contributed by atoms with Gasteiger partial charge in [-0.05, 0) is 0 Å². The number of halogens is 2. The van der Waals surface area contributed by atoms with E-state index in [2.05, 4.69) is 11.0 Å². The maximum Gasteiger partial charge on any atom is 0.182 e. The maximum absolute atomic E-state index is 5.12. The van der Waals surface area contributed by atoms with Crippen molar-refractivity contribution < 1.29 is 4.42 Å². The fraction of sp³-hybridized carbons (Fsp3) is 0. The van der Waals surface area contributed by atoms with Crippen molar-refractivity contribution in [2.75, 3.05) is 0 Å². The number of aromatic nitrogens is 1. The highest BCUT2D eigenvalue weighted by molar-refractivity contribution is 14.3. The van der Waals surface area contributed by atoms with Gasteiger partial charge >= 0.3 is 0 Å². The Morgan fingerprint density at radius 2 is 2.56 bits per heavy atom. The van der Waals surface area contributed by atoms with Gasteiger partial charge in [0.05, 0.1) is 0 Å². The molecule has 9 heavy (non-hydrogen) atoms. The molecule has 1 aliphatic heterocycles. The fourth-order valence-electron chi connectivity index (χ4n) is 0.538. The summed E-state index contributed by atoms with van der Waals surface area (Å²) in [5, 5.41) is 0. The Bertz CT molecular complexity index is 250. The average molecular weight is 347 g/mol. The highest BCUT2D eigenvalue weighted by Crippen LogP contribution is 2.20. The topological polar surface area (TPSA) is 26.0 Å². The minimum absolute atomic E-state index is 0.120. The molecule has 2 nitrogen and oxygen atoms in total. The van der Waals surface area contributed by atoms with Crippen LogP contribution in [0.3, 0.4) is 0 Å². The van der Waals surface area contributed by atoms with Crippen LogP contribution in [0.15, 0.2) is 10.8 Å². The summed E-state index contributed by atoms with van der Waals surface area (Å²) in [7, 11) is 0. The molecule has 48 valence electrons. The maximum atomic E-state index is 5.12. The van der Waals surface area contributed by atoms with Crippen molar-refractivity contribution in [2.24, 2.45) is 0 Å². The van der Waals surface area contributed by atoms with E-state index in [1.54, 1.807) is 6.39 Å². The van der Waals surface area contributed by atoms with Crippen LogP contribution in [0, 0.1) is 3.70 Å². The molecule has 0 aliphatic carbocycles. The van der Waals surface area contributed by atoms with E-state index in [0.29, 0.717) is 0 Å². The zero-order valence-corrected chi connectivity index (χ0v) is 8.66. The van der Waals surface area contributed by atoms with E-state index in [9.17, 15) is 0 Å². The molecule has 0 N–H and O–H groups in total. The Morgan fingerprint density at radius 1 is 1.56 bits per heavy atom. The first kappa shape index (κ1) is 6.14. The van der Waals surface area contributed by atoms with Gasteiger partial charge in [0.1, 0.15) is 3.70 Å². The van der Waals surface area contributed by atoms with E-state index in [0.717, 1.165) is 5.76 Å². The van der Waals surface area contributed by atoms with Crippen molar-refractivity contribution in [2.45, 2.75) is 0 Å². The summed E-state index contributed by atoms with van der Waals surface area (Å²) in [6.07, 6.45) is 1.55. The summed E-state index contributed by atoms with van der Waals surface area (Å²) in [5.74, 6) is 1.05. The molecule has 2 heterocycles. The van der Waals surface area contributed by atoms with Crippen LogP contribution in [0.2, 0.25) is 0 Å². The molecule has 0 atom stereocenters. The zero-order chi connectivity index (χ0) is 6.10. The van der Waals surface area contributed by atoms with Crippen LogP contribution in [0.5, 0.6) is 0 Å². The monoisotopic (exact) mass is 347 g/mol. The summed E-state index contributed by atoms with van der Waals surface area (Å²) in [6.45, 7) is 0. The first-order chi connectivity index (χ1) is 4.47. The third kappa shape index (κ3) is 1.14. The van der Waals surface area contributed by atoms with E-state index in [1.807, 2.05) is 0 Å². The summed E-state index contributed by atoms with van der Waals surface area (Å²) in [6, 6.07) is 0. The summed E-state index contributed by atoms with van der Waals surface area (Å²) >= 11 is 0.337. The molecule has 0 radical (unpaired) electrons. The summed E-state index contributed by atoms with van der Waals surface area (Å²) in [5.41, 5.74) is 0. The standard InChI is InChI=1S/C5H3I2NO/c1-4-5(7-2-6-1)8-3-9-4/h1-3H. The first-order valence-corrected chi connectivity index (χ1v) is 7.12. The second kappa shape index (κ2) is 2.57. The molecular weight excluding hydrogens is 344 g/mol. The molecule has 0 saturated heterocycles. The molecular formula is C5H3I2NO. The molecule has 0 fully saturated rings. The van der Waals surface area contributed by atoms with Crippen molar-refractivity contribution in [3.63, 3.8) is 0 Å². The lowest BCUT2D eigenvalue weighted by molar-refractivity contribution is 0.552. The van der Waals surface area contributed by atoms with Crippen LogP contribution in [0.25, 0.3) is 0 Å². The highest BCUT2D eigenvalue weighted by Gasteiger charge is 2.03. The van der Waals surface area contributed by atoms with Gasteiger partial charge in [-0.1, -0.05) is 41.5 Å². The Kier molecular flexibility index (Phi) is 1.75. The van der Waals surface area contributed by atoms with E-state index in [4.69, 9.17) is 4.42 Å². The molecule has 0 saturated carbocycles. The van der Waals surface area contributed by atoms with Gasteiger partial charge in [-0.2, -0.15) is 0 Å². The smallest absolute Gasteiger partial charge is 0.182 e. The molecule has 1 aliphatic rings. The van der Waals surface area contributed by atoms with E-state index in [-0.39, 0.29) is 41.5 Å². The number of hydrogen-bond acceptors (Lipinski definition) is 2. The van der Waals surface area contributed by atoms with Crippen LogP contribution in [0.4, 0.5) is 0 Å². The van der Waals surface area contributed by atoms with Crippen molar-refractivity contribution in [3.05, 3.63) is 15.9 Å². The molecule has 1 aromatic rings. The number of nitrogens with zero attached hydrogens (tertiary/aromatic N) is 1. The van der Waals surface area contributed by atoms with Crippen LogP contribution in [-0.4, -0.2) is 11.0 Å². The lowest BCUT2D eigenvalue weighted by atomic mass is 10.6. The summed E-state index contributed by atoms with van der Waals surface area (Å²) in [4.78, 5) is 4.09. The van der Waals surface area contributed by atoms with Crippen LogP contribution in [-0.2, 0) is 0 Å². The first-order valence-electron chi connectivity index (χ1n) is 2.30. The van der Waals surface area contributed by atoms with Crippen LogP contribution < -0.4 is 0 Å². The molecule has 0 bridgehead atoms. The quantitative estimate of drug-likeness (QED) is 0.668. The number of oxazole rings is 1. The molecule has 4 heteroatoms. The molecule has 1 aromatic heterocycles. The largest absolute Gasteiger partial charge is 0.443 e. The molecule has 0 aromatic carbocycles. The highest BCUT2D eigenvalue weighted by atomic mass is 127. The van der Waals surface area contributed by atoms with Gasteiger partial charge in [-0.15, -0.1) is 0 Å². The Hall–Kier alpha value is 0.410. The molecule has 0 amide bonds. The predicted molar refractivity (Wildman–Crippen MR) is 54.5 cm³/mol. The van der Waals surface area contributed by atoms with Crippen molar-refractivity contribution in [3.8, 4) is 0 Å². The van der Waals surface area contributed by atoms with E-state index >= 15 is 0 Å². The minimum Gasteiger partial charge on any atom is -0.443 e. The van der Waals surface area contributed by atoms with Gasteiger partial charge in [0.2, 0.25) is 0 Å². The normalized spacial score (nSPS) is 15.6. The number of rotatable bonds is 0. The zero-order valence-electron chi connectivity index (χ0n) is 4.34. The predicted octanol–water partition coefficient (Wildman–Crippen LogP) is 1.71. The Balaban J connectivity index is 2.68. The molecule has 2 rings (SSSR count). The van der Waals surface area contributed by atoms with Crippen molar-refractivity contribution in [1.29, 1.82) is 0 Å². The average Bonchev–Trinajstić information content (AvgIpc) is 2.33. The molecule has 0 spiro atoms. The van der Waals surface area contributed by atoms with Crippen LogP contribution in [0.1, 0.15) is 5.76 Å².